The topological polar surface area (TPSA) is 57.2 Å². The van der Waals surface area contributed by atoms with Gasteiger partial charge in [-0.2, -0.15) is 0 Å². The van der Waals surface area contributed by atoms with Gasteiger partial charge in [-0.05, 0) is 47.9 Å². The summed E-state index contributed by atoms with van der Waals surface area (Å²) < 4.78 is 32.9. The first kappa shape index (κ1) is 15.3. The van der Waals surface area contributed by atoms with E-state index in [1.165, 1.54) is 12.1 Å². The molecule has 2 rings (SSSR count). The SMILES string of the molecule is Cc1cccc2cc(S(=O)(=O)[O-])cc(C)c12.[K+]. The van der Waals surface area contributed by atoms with E-state index in [0.717, 1.165) is 21.9 Å². The molecule has 0 radical (unpaired) electrons. The van der Waals surface area contributed by atoms with Gasteiger partial charge < -0.3 is 4.55 Å². The van der Waals surface area contributed by atoms with Crippen molar-refractivity contribution in [3.05, 3.63) is 41.5 Å². The first-order chi connectivity index (χ1) is 7.39. The van der Waals surface area contributed by atoms with Crippen molar-refractivity contribution < 1.29 is 64.4 Å². The minimum absolute atomic E-state index is 0. The Morgan fingerprint density at radius 2 is 1.71 bits per heavy atom. The van der Waals surface area contributed by atoms with E-state index >= 15 is 0 Å². The van der Waals surface area contributed by atoms with Gasteiger partial charge in [0.1, 0.15) is 10.1 Å². The van der Waals surface area contributed by atoms with Gasteiger partial charge in [0.2, 0.25) is 0 Å². The van der Waals surface area contributed by atoms with Gasteiger partial charge in [0, 0.05) is 0 Å². The van der Waals surface area contributed by atoms with Gasteiger partial charge in [-0.25, -0.2) is 8.42 Å². The second kappa shape index (κ2) is 5.48. The molecule has 0 spiro atoms. The molecule has 0 bridgehead atoms. The van der Waals surface area contributed by atoms with Crippen LogP contribution >= 0.6 is 0 Å². The molecule has 0 atom stereocenters. The second-order valence-electron chi connectivity index (χ2n) is 3.87. The Morgan fingerprint density at radius 1 is 1.06 bits per heavy atom. The summed E-state index contributed by atoms with van der Waals surface area (Å²) in [5.41, 5.74) is 1.88. The Hall–Kier alpha value is 0.246. The minimum Gasteiger partial charge on any atom is -0.744 e. The van der Waals surface area contributed by atoms with Crippen molar-refractivity contribution in [1.82, 2.24) is 0 Å². The number of aryl methyl sites for hydroxylation is 2. The number of hydrogen-bond donors (Lipinski definition) is 0. The smallest absolute Gasteiger partial charge is 0.744 e. The minimum atomic E-state index is -4.38. The molecule has 5 heteroatoms. The normalized spacial score (nSPS) is 11.2. The molecule has 0 fully saturated rings. The quantitative estimate of drug-likeness (QED) is 0.514. The van der Waals surface area contributed by atoms with E-state index in [-0.39, 0.29) is 56.3 Å². The Kier molecular flexibility index (Phi) is 4.94. The standard InChI is InChI=1S/C12H12O3S.K/c1-8-4-3-5-10-7-11(16(13,14)15)6-9(2)12(8)10;/h3-7H,1-2H3,(H,13,14,15);/q;+1/p-1. The van der Waals surface area contributed by atoms with Crippen LogP contribution in [-0.2, 0) is 10.1 Å². The maximum absolute atomic E-state index is 11.0. The predicted molar refractivity (Wildman–Crippen MR) is 61.4 cm³/mol. The molecule has 0 amide bonds. The van der Waals surface area contributed by atoms with E-state index in [4.69, 9.17) is 0 Å². The largest absolute Gasteiger partial charge is 1.00 e. The third-order valence-corrected chi connectivity index (χ3v) is 3.46. The fraction of sp³-hybridized carbons (Fsp3) is 0.167. The van der Waals surface area contributed by atoms with Gasteiger partial charge in [-0.15, -0.1) is 0 Å². The molecule has 0 aliphatic carbocycles. The van der Waals surface area contributed by atoms with E-state index in [1.54, 1.807) is 0 Å². The number of hydrogen-bond acceptors (Lipinski definition) is 3. The van der Waals surface area contributed by atoms with Crippen molar-refractivity contribution in [3.63, 3.8) is 0 Å². The van der Waals surface area contributed by atoms with Gasteiger partial charge in [-0.1, -0.05) is 18.2 Å². The van der Waals surface area contributed by atoms with Crippen LogP contribution in [0, 0.1) is 13.8 Å². The van der Waals surface area contributed by atoms with Crippen LogP contribution in [0.2, 0.25) is 0 Å². The zero-order valence-electron chi connectivity index (χ0n) is 10.0. The van der Waals surface area contributed by atoms with Crippen molar-refractivity contribution in [2.45, 2.75) is 18.7 Å². The summed E-state index contributed by atoms with van der Waals surface area (Å²) in [7, 11) is -4.38. The Labute approximate surface area is 143 Å². The van der Waals surface area contributed by atoms with E-state index in [9.17, 15) is 13.0 Å². The monoisotopic (exact) mass is 274 g/mol. The first-order valence-corrected chi connectivity index (χ1v) is 6.26. The van der Waals surface area contributed by atoms with Crippen LogP contribution in [0.5, 0.6) is 0 Å². The van der Waals surface area contributed by atoms with Crippen LogP contribution in [0.25, 0.3) is 10.8 Å². The van der Waals surface area contributed by atoms with Crippen LogP contribution in [0.15, 0.2) is 35.2 Å². The molecule has 2 aromatic carbocycles. The molecule has 0 aromatic heterocycles. The summed E-state index contributed by atoms with van der Waals surface area (Å²) in [4.78, 5) is -0.164. The second-order valence-corrected chi connectivity index (χ2v) is 5.25. The molecule has 0 saturated heterocycles. The Balaban J connectivity index is 0.00000144. The van der Waals surface area contributed by atoms with Crippen LogP contribution in [0.3, 0.4) is 0 Å². The summed E-state index contributed by atoms with van der Waals surface area (Å²) in [5, 5.41) is 1.80. The Morgan fingerprint density at radius 3 is 2.29 bits per heavy atom. The summed E-state index contributed by atoms with van der Waals surface area (Å²) in [6, 6.07) is 8.47. The average Bonchev–Trinajstić information content (AvgIpc) is 2.15. The Bertz CT molecular complexity index is 663. The zero-order valence-corrected chi connectivity index (χ0v) is 14.0. The maximum atomic E-state index is 11.0. The molecule has 3 nitrogen and oxygen atoms in total. The maximum Gasteiger partial charge on any atom is 1.00 e. The van der Waals surface area contributed by atoms with Crippen LogP contribution in [0.4, 0.5) is 0 Å². The zero-order chi connectivity index (χ0) is 11.9. The van der Waals surface area contributed by atoms with Gasteiger partial charge >= 0.3 is 51.4 Å². The molecule has 84 valence electrons. The van der Waals surface area contributed by atoms with E-state index in [1.807, 2.05) is 32.0 Å². The summed E-state index contributed by atoms with van der Waals surface area (Å²) in [6.07, 6.45) is 0. The van der Waals surface area contributed by atoms with Crippen molar-refractivity contribution >= 4 is 20.9 Å². The van der Waals surface area contributed by atoms with Crippen molar-refractivity contribution in [1.29, 1.82) is 0 Å². The van der Waals surface area contributed by atoms with Gasteiger partial charge in [0.15, 0.2) is 0 Å². The molecule has 0 heterocycles. The molecule has 0 aliphatic rings. The fourth-order valence-electron chi connectivity index (χ4n) is 1.97. The molecule has 17 heavy (non-hydrogen) atoms. The molecule has 0 unspecified atom stereocenters. The van der Waals surface area contributed by atoms with E-state index < -0.39 is 10.1 Å². The average molecular weight is 274 g/mol. The third kappa shape index (κ3) is 3.17. The summed E-state index contributed by atoms with van der Waals surface area (Å²) >= 11 is 0. The van der Waals surface area contributed by atoms with E-state index in [2.05, 4.69) is 0 Å². The van der Waals surface area contributed by atoms with Gasteiger partial charge in [-0.3, -0.25) is 0 Å². The third-order valence-electron chi connectivity index (χ3n) is 2.64. The van der Waals surface area contributed by atoms with Crippen molar-refractivity contribution in [2.75, 3.05) is 0 Å². The molecule has 2 aromatic rings. The van der Waals surface area contributed by atoms with Crippen LogP contribution in [-0.4, -0.2) is 13.0 Å². The van der Waals surface area contributed by atoms with Crippen molar-refractivity contribution in [3.8, 4) is 0 Å². The van der Waals surface area contributed by atoms with Gasteiger partial charge in [0.25, 0.3) is 0 Å². The number of benzene rings is 2. The summed E-state index contributed by atoms with van der Waals surface area (Å²) in [5.74, 6) is 0. The van der Waals surface area contributed by atoms with E-state index in [0.29, 0.717) is 0 Å². The fourth-order valence-corrected chi connectivity index (χ4v) is 2.57. The van der Waals surface area contributed by atoms with Crippen LogP contribution in [0.1, 0.15) is 11.1 Å². The predicted octanol–water partition coefficient (Wildman–Crippen LogP) is -0.635. The summed E-state index contributed by atoms with van der Waals surface area (Å²) in [6.45, 7) is 3.77. The molecular formula is C12H11KO3S. The van der Waals surface area contributed by atoms with Crippen LogP contribution < -0.4 is 51.4 Å². The first-order valence-electron chi connectivity index (χ1n) is 4.85. The molecule has 0 N–H and O–H groups in total. The molecular weight excluding hydrogens is 263 g/mol. The number of fused-ring (bicyclic) bond motifs is 1. The van der Waals surface area contributed by atoms with Crippen molar-refractivity contribution in [2.24, 2.45) is 0 Å². The number of rotatable bonds is 1. The molecule has 0 saturated carbocycles. The molecule has 0 aliphatic heterocycles. The van der Waals surface area contributed by atoms with Gasteiger partial charge in [0.05, 0.1) is 4.90 Å².